The zero-order valence-electron chi connectivity index (χ0n) is 12.4. The summed E-state index contributed by atoms with van der Waals surface area (Å²) in [5.41, 5.74) is 1.38. The van der Waals surface area contributed by atoms with Gasteiger partial charge in [-0.3, -0.25) is 4.79 Å². The number of benzene rings is 1. The lowest BCUT2D eigenvalue weighted by Crippen LogP contribution is -2.02. The minimum Gasteiger partial charge on any atom is -0.300 e. The first-order valence-electron chi connectivity index (χ1n) is 7.45. The molecule has 1 atom stereocenters. The standard InChI is InChI=1S/C17H26OS/c1-4-13-19-17-11-8-15(9-12-17)14(5-2)7-10-16(18)6-3/h8-9,11-12,14H,4-7,10,13H2,1-3H3. The Labute approximate surface area is 122 Å². The van der Waals surface area contributed by atoms with Gasteiger partial charge in [0.25, 0.3) is 0 Å². The van der Waals surface area contributed by atoms with Crippen LogP contribution in [0.3, 0.4) is 0 Å². The topological polar surface area (TPSA) is 17.1 Å². The lowest BCUT2D eigenvalue weighted by Gasteiger charge is -2.15. The number of carbonyl (C=O) groups excluding carboxylic acids is 1. The van der Waals surface area contributed by atoms with Crippen LogP contribution in [-0.2, 0) is 4.79 Å². The smallest absolute Gasteiger partial charge is 0.132 e. The lowest BCUT2D eigenvalue weighted by molar-refractivity contribution is -0.118. The van der Waals surface area contributed by atoms with E-state index in [4.69, 9.17) is 0 Å². The van der Waals surface area contributed by atoms with E-state index in [9.17, 15) is 4.79 Å². The van der Waals surface area contributed by atoms with Gasteiger partial charge in [-0.2, -0.15) is 0 Å². The van der Waals surface area contributed by atoms with Crippen LogP contribution < -0.4 is 0 Å². The Kier molecular flexibility index (Phi) is 7.88. The SMILES string of the molecule is CCCSc1ccc(C(CC)CCC(=O)CC)cc1. The second-order valence-corrected chi connectivity index (χ2v) is 6.12. The van der Waals surface area contributed by atoms with Gasteiger partial charge in [-0.1, -0.05) is 32.9 Å². The second kappa shape index (κ2) is 9.19. The van der Waals surface area contributed by atoms with E-state index in [1.807, 2.05) is 18.7 Å². The summed E-state index contributed by atoms with van der Waals surface area (Å²) in [7, 11) is 0. The van der Waals surface area contributed by atoms with Crippen LogP contribution in [0.5, 0.6) is 0 Å². The molecule has 0 bridgehead atoms. The van der Waals surface area contributed by atoms with Crippen LogP contribution >= 0.6 is 11.8 Å². The first-order chi connectivity index (χ1) is 9.21. The lowest BCUT2D eigenvalue weighted by atomic mass is 9.91. The normalized spacial score (nSPS) is 12.4. The van der Waals surface area contributed by atoms with Gasteiger partial charge in [-0.25, -0.2) is 0 Å². The molecule has 0 fully saturated rings. The third kappa shape index (κ3) is 5.82. The highest BCUT2D eigenvalue weighted by Gasteiger charge is 2.11. The molecule has 0 N–H and O–H groups in total. The molecule has 1 aromatic carbocycles. The van der Waals surface area contributed by atoms with Crippen LogP contribution in [-0.4, -0.2) is 11.5 Å². The Morgan fingerprint density at radius 1 is 1.16 bits per heavy atom. The number of thioether (sulfide) groups is 1. The van der Waals surface area contributed by atoms with Gasteiger partial charge in [0.2, 0.25) is 0 Å². The zero-order valence-corrected chi connectivity index (χ0v) is 13.3. The van der Waals surface area contributed by atoms with Gasteiger partial charge in [0.05, 0.1) is 0 Å². The molecule has 1 aromatic rings. The van der Waals surface area contributed by atoms with Crippen molar-refractivity contribution in [2.45, 2.75) is 63.7 Å². The average Bonchev–Trinajstić information content (AvgIpc) is 2.46. The van der Waals surface area contributed by atoms with Crippen LogP contribution in [0, 0.1) is 0 Å². The van der Waals surface area contributed by atoms with E-state index >= 15 is 0 Å². The predicted molar refractivity (Wildman–Crippen MR) is 85.0 cm³/mol. The van der Waals surface area contributed by atoms with Gasteiger partial charge >= 0.3 is 0 Å². The maximum Gasteiger partial charge on any atom is 0.132 e. The zero-order chi connectivity index (χ0) is 14.1. The van der Waals surface area contributed by atoms with E-state index in [1.54, 1.807) is 0 Å². The number of carbonyl (C=O) groups is 1. The minimum atomic E-state index is 0.383. The van der Waals surface area contributed by atoms with Gasteiger partial charge in [-0.05, 0) is 48.6 Å². The third-order valence-corrected chi connectivity index (χ3v) is 4.70. The Morgan fingerprint density at radius 3 is 2.37 bits per heavy atom. The first-order valence-corrected chi connectivity index (χ1v) is 8.44. The van der Waals surface area contributed by atoms with Crippen molar-refractivity contribution in [3.8, 4) is 0 Å². The Morgan fingerprint density at radius 2 is 1.84 bits per heavy atom. The highest BCUT2D eigenvalue weighted by Crippen LogP contribution is 2.27. The molecule has 1 nitrogen and oxygen atoms in total. The maximum atomic E-state index is 11.4. The van der Waals surface area contributed by atoms with Crippen molar-refractivity contribution in [1.82, 2.24) is 0 Å². The van der Waals surface area contributed by atoms with Gasteiger partial charge < -0.3 is 0 Å². The van der Waals surface area contributed by atoms with E-state index in [2.05, 4.69) is 38.1 Å². The summed E-state index contributed by atoms with van der Waals surface area (Å²) in [6.45, 7) is 6.36. The molecule has 0 aromatic heterocycles. The van der Waals surface area contributed by atoms with Crippen molar-refractivity contribution < 1.29 is 4.79 Å². The maximum absolute atomic E-state index is 11.4. The van der Waals surface area contributed by atoms with E-state index < -0.39 is 0 Å². The molecule has 0 aliphatic carbocycles. The first kappa shape index (κ1) is 16.3. The van der Waals surface area contributed by atoms with Gasteiger partial charge in [0, 0.05) is 17.7 Å². The molecule has 2 heteroatoms. The van der Waals surface area contributed by atoms with Gasteiger partial charge in [-0.15, -0.1) is 11.8 Å². The van der Waals surface area contributed by atoms with Crippen LogP contribution in [0.15, 0.2) is 29.2 Å². The molecule has 0 saturated heterocycles. The van der Waals surface area contributed by atoms with Gasteiger partial charge in [0.1, 0.15) is 5.78 Å². The van der Waals surface area contributed by atoms with Crippen molar-refractivity contribution in [2.75, 3.05) is 5.75 Å². The molecular weight excluding hydrogens is 252 g/mol. The fourth-order valence-corrected chi connectivity index (χ4v) is 2.94. The molecule has 0 amide bonds. The van der Waals surface area contributed by atoms with Crippen molar-refractivity contribution in [3.05, 3.63) is 29.8 Å². The Bertz CT molecular complexity index is 369. The molecule has 1 unspecified atom stereocenters. The highest BCUT2D eigenvalue weighted by molar-refractivity contribution is 7.99. The van der Waals surface area contributed by atoms with Crippen molar-refractivity contribution in [3.63, 3.8) is 0 Å². The van der Waals surface area contributed by atoms with Crippen molar-refractivity contribution in [2.24, 2.45) is 0 Å². The molecule has 106 valence electrons. The monoisotopic (exact) mass is 278 g/mol. The number of ketones is 1. The minimum absolute atomic E-state index is 0.383. The molecule has 0 heterocycles. The largest absolute Gasteiger partial charge is 0.300 e. The summed E-state index contributed by atoms with van der Waals surface area (Å²) in [6, 6.07) is 8.92. The molecule has 0 aliphatic rings. The van der Waals surface area contributed by atoms with Crippen LogP contribution in [0.25, 0.3) is 0 Å². The summed E-state index contributed by atoms with van der Waals surface area (Å²) in [6.07, 6.45) is 4.70. The van der Waals surface area contributed by atoms with E-state index in [0.29, 0.717) is 18.1 Å². The molecule has 0 saturated carbocycles. The summed E-state index contributed by atoms with van der Waals surface area (Å²) in [4.78, 5) is 12.8. The third-order valence-electron chi connectivity index (χ3n) is 3.48. The predicted octanol–water partition coefficient (Wildman–Crippen LogP) is 5.44. The van der Waals surface area contributed by atoms with Crippen LogP contribution in [0.4, 0.5) is 0 Å². The second-order valence-electron chi connectivity index (χ2n) is 4.95. The van der Waals surface area contributed by atoms with Crippen LogP contribution in [0.1, 0.15) is 64.4 Å². The van der Waals surface area contributed by atoms with E-state index in [1.165, 1.54) is 22.6 Å². The molecule has 1 rings (SSSR count). The number of hydrogen-bond acceptors (Lipinski definition) is 2. The summed E-state index contributed by atoms with van der Waals surface area (Å²) in [5.74, 6) is 2.09. The fourth-order valence-electron chi connectivity index (χ4n) is 2.17. The van der Waals surface area contributed by atoms with Gasteiger partial charge in [0.15, 0.2) is 0 Å². The highest BCUT2D eigenvalue weighted by atomic mass is 32.2. The number of rotatable bonds is 9. The molecule has 0 aliphatic heterocycles. The fraction of sp³-hybridized carbons (Fsp3) is 0.588. The quantitative estimate of drug-likeness (QED) is 0.559. The molecular formula is C17H26OS. The van der Waals surface area contributed by atoms with E-state index in [-0.39, 0.29) is 0 Å². The van der Waals surface area contributed by atoms with Crippen molar-refractivity contribution >= 4 is 17.5 Å². The Balaban J connectivity index is 2.58. The summed E-state index contributed by atoms with van der Waals surface area (Å²) >= 11 is 1.92. The summed E-state index contributed by atoms with van der Waals surface area (Å²) < 4.78 is 0. The average molecular weight is 278 g/mol. The summed E-state index contributed by atoms with van der Waals surface area (Å²) in [5, 5.41) is 0. The van der Waals surface area contributed by atoms with Crippen LogP contribution in [0.2, 0.25) is 0 Å². The Hall–Kier alpha value is -0.760. The number of hydrogen-bond donors (Lipinski definition) is 0. The number of Topliss-reactive ketones (excluding diaryl/α,β-unsaturated/α-hetero) is 1. The van der Waals surface area contributed by atoms with Crippen molar-refractivity contribution in [1.29, 1.82) is 0 Å². The molecule has 0 spiro atoms. The molecule has 0 radical (unpaired) electrons. The van der Waals surface area contributed by atoms with E-state index in [0.717, 1.165) is 19.3 Å². The molecule has 19 heavy (non-hydrogen) atoms.